The van der Waals surface area contributed by atoms with Gasteiger partial charge in [0.1, 0.15) is 11.6 Å². The molecule has 4 rings (SSSR count). The van der Waals surface area contributed by atoms with Crippen LogP contribution in [0.2, 0.25) is 0 Å². The van der Waals surface area contributed by atoms with Crippen molar-refractivity contribution in [3.05, 3.63) is 59.3 Å². The highest BCUT2D eigenvalue weighted by molar-refractivity contribution is 5.96. The van der Waals surface area contributed by atoms with E-state index in [1.807, 2.05) is 0 Å². The molecule has 148 valence electrons. The molecule has 2 aliphatic heterocycles. The van der Waals surface area contributed by atoms with E-state index in [1.165, 1.54) is 17.2 Å². The first-order chi connectivity index (χ1) is 13.4. The van der Waals surface area contributed by atoms with Gasteiger partial charge in [-0.25, -0.2) is 4.39 Å². The second-order valence-electron chi connectivity index (χ2n) is 7.70. The Bertz CT molecular complexity index is 911. The molecule has 0 radical (unpaired) electrons. The molecule has 0 N–H and O–H groups in total. The first kappa shape index (κ1) is 18.7. The molecule has 0 spiro atoms. The third-order valence-corrected chi connectivity index (χ3v) is 5.89. The monoisotopic (exact) mass is 386 g/mol. The number of carbonyl (C=O) groups excluding carboxylic acids is 2. The van der Waals surface area contributed by atoms with Gasteiger partial charge in [-0.3, -0.25) is 9.59 Å². The third kappa shape index (κ3) is 2.99. The number of furan rings is 1. The average Bonchev–Trinajstić information content (AvgIpc) is 3.36. The molecule has 2 aliphatic rings. The number of fused-ring (bicyclic) bond motifs is 1. The fraction of sp³-hybridized carbons (Fsp3) is 0.429. The number of carbonyl (C=O) groups is 2. The highest BCUT2D eigenvalue weighted by atomic mass is 19.1. The van der Waals surface area contributed by atoms with Crippen molar-refractivity contribution in [2.75, 3.05) is 33.4 Å². The van der Waals surface area contributed by atoms with Crippen LogP contribution in [0.5, 0.6) is 0 Å². The van der Waals surface area contributed by atoms with Gasteiger partial charge in [0.25, 0.3) is 5.91 Å². The van der Waals surface area contributed by atoms with Crippen LogP contribution in [-0.2, 0) is 16.1 Å². The molecule has 0 unspecified atom stereocenters. The standard InChI is InChI=1S/C21H23FN2O4/c1-14-17(7-8-28-14)19(25)24-10-16-11-27-13-21(16,12-24)20(26)23(2)9-15-5-3-4-6-18(15)22/h3-8,16H,9-13H2,1-2H3/t16-,21-/m1/s1. The molecule has 2 saturated heterocycles. The number of nitrogens with zero attached hydrogens (tertiary/aromatic N) is 2. The molecule has 2 aromatic rings. The fourth-order valence-corrected chi connectivity index (χ4v) is 4.30. The lowest BCUT2D eigenvalue weighted by Gasteiger charge is -2.31. The first-order valence-corrected chi connectivity index (χ1v) is 9.32. The van der Waals surface area contributed by atoms with Crippen LogP contribution >= 0.6 is 0 Å². The maximum Gasteiger partial charge on any atom is 0.257 e. The van der Waals surface area contributed by atoms with E-state index < -0.39 is 5.41 Å². The van der Waals surface area contributed by atoms with Gasteiger partial charge in [0.05, 0.1) is 30.5 Å². The van der Waals surface area contributed by atoms with Crippen LogP contribution in [-0.4, -0.2) is 55.0 Å². The summed E-state index contributed by atoms with van der Waals surface area (Å²) in [5.74, 6) is -0.0887. The summed E-state index contributed by atoms with van der Waals surface area (Å²) in [6, 6.07) is 8.08. The van der Waals surface area contributed by atoms with Gasteiger partial charge in [-0.1, -0.05) is 18.2 Å². The maximum atomic E-state index is 14.0. The van der Waals surface area contributed by atoms with E-state index in [2.05, 4.69) is 0 Å². The van der Waals surface area contributed by atoms with E-state index in [0.29, 0.717) is 36.6 Å². The van der Waals surface area contributed by atoms with E-state index in [9.17, 15) is 14.0 Å². The molecule has 2 amide bonds. The number of hydrogen-bond donors (Lipinski definition) is 0. The maximum absolute atomic E-state index is 14.0. The molecule has 2 atom stereocenters. The van der Waals surface area contributed by atoms with Gasteiger partial charge in [0, 0.05) is 38.2 Å². The van der Waals surface area contributed by atoms with Crippen molar-refractivity contribution < 1.29 is 23.1 Å². The number of ether oxygens (including phenoxy) is 1. The molecule has 28 heavy (non-hydrogen) atoms. The summed E-state index contributed by atoms with van der Waals surface area (Å²) in [6.07, 6.45) is 1.49. The van der Waals surface area contributed by atoms with Crippen LogP contribution < -0.4 is 0 Å². The zero-order chi connectivity index (χ0) is 19.9. The van der Waals surface area contributed by atoms with Crippen LogP contribution in [0.15, 0.2) is 41.0 Å². The summed E-state index contributed by atoms with van der Waals surface area (Å²) < 4.78 is 24.9. The van der Waals surface area contributed by atoms with Crippen LogP contribution in [0.4, 0.5) is 4.39 Å². The highest BCUT2D eigenvalue weighted by Gasteiger charge is 2.57. The summed E-state index contributed by atoms with van der Waals surface area (Å²) >= 11 is 0. The second-order valence-corrected chi connectivity index (χ2v) is 7.70. The van der Waals surface area contributed by atoms with Crippen molar-refractivity contribution in [1.29, 1.82) is 0 Å². The van der Waals surface area contributed by atoms with Crippen molar-refractivity contribution in [3.8, 4) is 0 Å². The lowest BCUT2D eigenvalue weighted by Crippen LogP contribution is -2.47. The third-order valence-electron chi connectivity index (χ3n) is 5.89. The minimum absolute atomic E-state index is 0.0702. The zero-order valence-electron chi connectivity index (χ0n) is 16.0. The van der Waals surface area contributed by atoms with E-state index in [1.54, 1.807) is 43.1 Å². The Balaban J connectivity index is 1.54. The van der Waals surface area contributed by atoms with Crippen LogP contribution in [0.25, 0.3) is 0 Å². The number of aryl methyl sites for hydroxylation is 1. The minimum Gasteiger partial charge on any atom is -0.469 e. The highest BCUT2D eigenvalue weighted by Crippen LogP contribution is 2.43. The molecule has 7 heteroatoms. The molecule has 3 heterocycles. The molecular weight excluding hydrogens is 363 g/mol. The predicted octanol–water partition coefficient (Wildman–Crippen LogP) is 2.47. The van der Waals surface area contributed by atoms with Crippen molar-refractivity contribution >= 4 is 11.8 Å². The Morgan fingerprint density at radius 1 is 1.32 bits per heavy atom. The zero-order valence-corrected chi connectivity index (χ0v) is 16.0. The molecular formula is C21H23FN2O4. The quantitative estimate of drug-likeness (QED) is 0.810. The number of benzene rings is 1. The molecule has 0 aliphatic carbocycles. The Kier molecular flexibility index (Phi) is 4.71. The Morgan fingerprint density at radius 2 is 2.11 bits per heavy atom. The minimum atomic E-state index is -0.784. The van der Waals surface area contributed by atoms with E-state index in [0.717, 1.165) is 0 Å². The van der Waals surface area contributed by atoms with Crippen molar-refractivity contribution in [2.24, 2.45) is 11.3 Å². The van der Waals surface area contributed by atoms with Gasteiger partial charge in [0.2, 0.25) is 5.91 Å². The predicted molar refractivity (Wildman–Crippen MR) is 99.0 cm³/mol. The summed E-state index contributed by atoms with van der Waals surface area (Å²) in [5.41, 5.74) is 0.196. The molecule has 6 nitrogen and oxygen atoms in total. The normalized spacial score (nSPS) is 23.7. The van der Waals surface area contributed by atoms with Crippen LogP contribution in [0.1, 0.15) is 21.7 Å². The smallest absolute Gasteiger partial charge is 0.257 e. The topological polar surface area (TPSA) is 63.0 Å². The largest absolute Gasteiger partial charge is 0.469 e. The van der Waals surface area contributed by atoms with Gasteiger partial charge >= 0.3 is 0 Å². The van der Waals surface area contributed by atoms with Gasteiger partial charge in [0.15, 0.2) is 0 Å². The first-order valence-electron chi connectivity index (χ1n) is 9.32. The molecule has 1 aromatic carbocycles. The average molecular weight is 386 g/mol. The molecule has 0 bridgehead atoms. The Morgan fingerprint density at radius 3 is 2.82 bits per heavy atom. The summed E-state index contributed by atoms with van der Waals surface area (Å²) in [7, 11) is 1.67. The summed E-state index contributed by atoms with van der Waals surface area (Å²) in [4.78, 5) is 29.5. The summed E-state index contributed by atoms with van der Waals surface area (Å²) in [5, 5.41) is 0. The van der Waals surface area contributed by atoms with E-state index in [-0.39, 0.29) is 36.7 Å². The number of hydrogen-bond acceptors (Lipinski definition) is 4. The number of amides is 2. The fourth-order valence-electron chi connectivity index (χ4n) is 4.30. The summed E-state index contributed by atoms with van der Waals surface area (Å²) in [6.45, 7) is 3.38. The van der Waals surface area contributed by atoms with E-state index in [4.69, 9.17) is 9.15 Å². The molecule has 2 fully saturated rings. The van der Waals surface area contributed by atoms with Crippen LogP contribution in [0.3, 0.4) is 0 Å². The lowest BCUT2D eigenvalue weighted by molar-refractivity contribution is -0.142. The number of likely N-dealkylation sites (tertiary alicyclic amines) is 1. The van der Waals surface area contributed by atoms with Crippen molar-refractivity contribution in [3.63, 3.8) is 0 Å². The second kappa shape index (κ2) is 7.05. The lowest BCUT2D eigenvalue weighted by atomic mass is 9.79. The van der Waals surface area contributed by atoms with Gasteiger partial charge in [-0.05, 0) is 19.1 Å². The molecule has 0 saturated carbocycles. The van der Waals surface area contributed by atoms with Gasteiger partial charge < -0.3 is 19.0 Å². The van der Waals surface area contributed by atoms with Crippen molar-refractivity contribution in [1.82, 2.24) is 9.80 Å². The molecule has 1 aromatic heterocycles. The Labute approximate surface area is 162 Å². The van der Waals surface area contributed by atoms with E-state index >= 15 is 0 Å². The van der Waals surface area contributed by atoms with Gasteiger partial charge in [-0.15, -0.1) is 0 Å². The van der Waals surface area contributed by atoms with Gasteiger partial charge in [-0.2, -0.15) is 0 Å². The Hall–Kier alpha value is -2.67. The SMILES string of the molecule is Cc1occc1C(=O)N1C[C@@H]2COC[C@]2(C(=O)N(C)Cc2ccccc2F)C1. The number of rotatable bonds is 4. The van der Waals surface area contributed by atoms with Crippen molar-refractivity contribution in [2.45, 2.75) is 13.5 Å². The number of halogens is 1. The van der Waals surface area contributed by atoms with Crippen LogP contribution in [0, 0.1) is 24.1 Å².